The highest BCUT2D eigenvalue weighted by Gasteiger charge is 2.46. The lowest BCUT2D eigenvalue weighted by Gasteiger charge is -2.39. The van der Waals surface area contributed by atoms with Crippen molar-refractivity contribution in [3.8, 4) is 34.3 Å². The normalized spacial score (nSPS) is 32.4. The SMILES string of the molecule is COc1cc(-c2cc(=O)c3c(OC4OC(CO)C(O)C(O)C4O)cc(O)cc3o2)ccc1OC1OC(CO)C(O)C(O)C1O. The Morgan fingerprint density at radius 2 is 1.27 bits per heavy atom. The van der Waals surface area contributed by atoms with Gasteiger partial charge in [0.2, 0.25) is 12.6 Å². The number of phenols is 1. The average Bonchev–Trinajstić information content (AvgIpc) is 3.01. The third-order valence-corrected chi connectivity index (χ3v) is 7.41. The molecule has 0 aliphatic carbocycles. The number of phenolic OH excluding ortho intramolecular Hbond substituents is 1. The van der Waals surface area contributed by atoms with Crippen LogP contribution in [0.1, 0.15) is 0 Å². The van der Waals surface area contributed by atoms with Gasteiger partial charge in [0.25, 0.3) is 0 Å². The zero-order valence-electron chi connectivity index (χ0n) is 23.0. The molecule has 0 radical (unpaired) electrons. The molecule has 2 fully saturated rings. The molecule has 0 amide bonds. The van der Waals surface area contributed by atoms with Crippen molar-refractivity contribution in [2.75, 3.05) is 20.3 Å². The van der Waals surface area contributed by atoms with Gasteiger partial charge in [0.05, 0.1) is 20.3 Å². The first kappa shape index (κ1) is 31.9. The number of fused-ring (bicyclic) bond motifs is 1. The van der Waals surface area contributed by atoms with Crippen LogP contribution in [0.5, 0.6) is 23.0 Å². The summed E-state index contributed by atoms with van der Waals surface area (Å²) in [5.74, 6) is -0.519. The van der Waals surface area contributed by atoms with Crippen LogP contribution in [-0.4, -0.2) is 128 Å². The third-order valence-electron chi connectivity index (χ3n) is 7.41. The molecule has 3 heterocycles. The molecule has 0 spiro atoms. The van der Waals surface area contributed by atoms with Gasteiger partial charge >= 0.3 is 0 Å². The van der Waals surface area contributed by atoms with Gasteiger partial charge in [0.1, 0.15) is 77.1 Å². The largest absolute Gasteiger partial charge is 0.508 e. The molecule has 5 rings (SSSR count). The van der Waals surface area contributed by atoms with Crippen molar-refractivity contribution >= 4 is 11.0 Å². The smallest absolute Gasteiger partial charge is 0.229 e. The Morgan fingerprint density at radius 1 is 0.705 bits per heavy atom. The Balaban J connectivity index is 1.44. The Morgan fingerprint density at radius 3 is 1.82 bits per heavy atom. The standard InChI is InChI=1S/C28H32O16/c1-39-15-4-10(2-3-13(15)41-27-25(37)23(35)21(33)18(8-29)43-27)14-7-12(32)20-16(40-14)5-11(31)6-17(20)42-28-26(38)24(36)22(34)19(9-30)44-28/h2-7,18-19,21-31,33-38H,8-9H2,1H3. The summed E-state index contributed by atoms with van der Waals surface area (Å²) in [6, 6.07) is 7.63. The highest BCUT2D eigenvalue weighted by Crippen LogP contribution is 2.37. The van der Waals surface area contributed by atoms with Crippen LogP contribution in [0, 0.1) is 0 Å². The monoisotopic (exact) mass is 624 g/mol. The maximum Gasteiger partial charge on any atom is 0.229 e. The highest BCUT2D eigenvalue weighted by atomic mass is 16.7. The molecule has 44 heavy (non-hydrogen) atoms. The van der Waals surface area contributed by atoms with E-state index in [9.17, 15) is 50.8 Å². The zero-order valence-corrected chi connectivity index (χ0v) is 23.0. The fourth-order valence-corrected chi connectivity index (χ4v) is 4.97. The fourth-order valence-electron chi connectivity index (χ4n) is 4.97. The first-order chi connectivity index (χ1) is 21.0. The molecule has 9 N–H and O–H groups in total. The molecule has 2 aliphatic heterocycles. The molecule has 2 aromatic carbocycles. The van der Waals surface area contributed by atoms with Gasteiger partial charge in [-0.15, -0.1) is 0 Å². The number of methoxy groups -OCH3 is 1. The first-order valence-corrected chi connectivity index (χ1v) is 13.4. The van der Waals surface area contributed by atoms with E-state index in [4.69, 9.17) is 28.1 Å². The summed E-state index contributed by atoms with van der Waals surface area (Å²) in [5.41, 5.74) is -0.462. The van der Waals surface area contributed by atoms with E-state index in [1.807, 2.05) is 0 Å². The number of aromatic hydroxyl groups is 1. The fraction of sp³-hybridized carbons (Fsp3) is 0.464. The van der Waals surface area contributed by atoms with Crippen molar-refractivity contribution in [3.05, 3.63) is 46.6 Å². The molecule has 3 aromatic rings. The third kappa shape index (κ3) is 5.92. The van der Waals surface area contributed by atoms with E-state index in [0.29, 0.717) is 5.56 Å². The minimum Gasteiger partial charge on any atom is -0.508 e. The minimum absolute atomic E-state index is 0.0181. The summed E-state index contributed by atoms with van der Waals surface area (Å²) >= 11 is 0. The predicted octanol–water partition coefficient (Wildman–Crippen LogP) is -2.47. The van der Waals surface area contributed by atoms with E-state index >= 15 is 0 Å². The van der Waals surface area contributed by atoms with Crippen molar-refractivity contribution in [2.45, 2.75) is 61.4 Å². The van der Waals surface area contributed by atoms with Crippen molar-refractivity contribution in [1.29, 1.82) is 0 Å². The molecule has 2 aliphatic rings. The molecule has 2 saturated heterocycles. The van der Waals surface area contributed by atoms with Crippen LogP contribution >= 0.6 is 0 Å². The molecule has 10 unspecified atom stereocenters. The summed E-state index contributed by atoms with van der Waals surface area (Å²) in [7, 11) is 1.32. The van der Waals surface area contributed by atoms with Crippen LogP contribution in [0.15, 0.2) is 45.6 Å². The van der Waals surface area contributed by atoms with Crippen molar-refractivity contribution in [1.82, 2.24) is 0 Å². The summed E-state index contributed by atoms with van der Waals surface area (Å²) in [5, 5.41) is 89.8. The summed E-state index contributed by atoms with van der Waals surface area (Å²) in [6.07, 6.45) is -15.6. The quantitative estimate of drug-likeness (QED) is 0.126. The maximum atomic E-state index is 13.3. The molecular formula is C28H32O16. The van der Waals surface area contributed by atoms with Crippen LogP contribution in [0.25, 0.3) is 22.3 Å². The number of hydrogen-bond acceptors (Lipinski definition) is 16. The van der Waals surface area contributed by atoms with E-state index in [1.165, 1.54) is 25.3 Å². The highest BCUT2D eigenvalue weighted by molar-refractivity contribution is 5.86. The van der Waals surface area contributed by atoms with E-state index in [-0.39, 0.29) is 34.0 Å². The van der Waals surface area contributed by atoms with Crippen LogP contribution in [0.4, 0.5) is 0 Å². The topological polar surface area (TPSA) is 258 Å². The van der Waals surface area contributed by atoms with E-state index in [1.54, 1.807) is 0 Å². The molecule has 0 saturated carbocycles. The molecule has 1 aromatic heterocycles. The Labute approximate surface area is 248 Å². The number of rotatable bonds is 8. The van der Waals surface area contributed by atoms with Gasteiger partial charge in [0.15, 0.2) is 16.9 Å². The number of aliphatic hydroxyl groups excluding tert-OH is 8. The summed E-state index contributed by atoms with van der Waals surface area (Å²) in [6.45, 7) is -1.35. The number of hydrogen-bond donors (Lipinski definition) is 9. The molecular weight excluding hydrogens is 592 g/mol. The number of aliphatic hydroxyl groups is 8. The molecule has 16 heteroatoms. The Hall–Kier alpha value is -3.55. The van der Waals surface area contributed by atoms with Gasteiger partial charge in [-0.25, -0.2) is 0 Å². The van der Waals surface area contributed by atoms with Gasteiger partial charge in [-0.05, 0) is 18.2 Å². The Kier molecular flexibility index (Phi) is 9.28. The Bertz CT molecular complexity index is 1520. The van der Waals surface area contributed by atoms with Crippen LogP contribution in [0.2, 0.25) is 0 Å². The average molecular weight is 625 g/mol. The molecule has 10 atom stereocenters. The number of ether oxygens (including phenoxy) is 5. The second kappa shape index (κ2) is 12.8. The van der Waals surface area contributed by atoms with Crippen molar-refractivity contribution < 1.29 is 74.1 Å². The zero-order chi connectivity index (χ0) is 31.9. The van der Waals surface area contributed by atoms with Gasteiger partial charge in [-0.1, -0.05) is 0 Å². The van der Waals surface area contributed by atoms with Gasteiger partial charge in [-0.2, -0.15) is 0 Å². The lowest BCUT2D eigenvalue weighted by molar-refractivity contribution is -0.277. The molecule has 240 valence electrons. The van der Waals surface area contributed by atoms with Crippen LogP contribution in [0.3, 0.4) is 0 Å². The summed E-state index contributed by atoms with van der Waals surface area (Å²) in [4.78, 5) is 13.3. The second-order valence-electron chi connectivity index (χ2n) is 10.3. The van der Waals surface area contributed by atoms with E-state index in [2.05, 4.69) is 0 Å². The number of benzene rings is 2. The maximum absolute atomic E-state index is 13.3. The van der Waals surface area contributed by atoms with Gasteiger partial charge in [-0.3, -0.25) is 4.79 Å². The van der Waals surface area contributed by atoms with Crippen molar-refractivity contribution in [3.63, 3.8) is 0 Å². The second-order valence-corrected chi connectivity index (χ2v) is 10.3. The first-order valence-electron chi connectivity index (χ1n) is 13.4. The van der Waals surface area contributed by atoms with Crippen LogP contribution in [-0.2, 0) is 9.47 Å². The molecule has 0 bridgehead atoms. The van der Waals surface area contributed by atoms with E-state index < -0.39 is 85.8 Å². The summed E-state index contributed by atoms with van der Waals surface area (Å²) < 4.78 is 33.2. The lowest BCUT2D eigenvalue weighted by Crippen LogP contribution is -2.60. The van der Waals surface area contributed by atoms with Crippen LogP contribution < -0.4 is 19.6 Å². The van der Waals surface area contributed by atoms with Gasteiger partial charge < -0.3 is 74.1 Å². The minimum atomic E-state index is -1.77. The molecule has 16 nitrogen and oxygen atoms in total. The van der Waals surface area contributed by atoms with Gasteiger partial charge in [0, 0.05) is 23.8 Å². The lowest BCUT2D eigenvalue weighted by atomic mass is 9.99. The van der Waals surface area contributed by atoms with E-state index in [0.717, 1.165) is 18.2 Å². The predicted molar refractivity (Wildman–Crippen MR) is 145 cm³/mol. The van der Waals surface area contributed by atoms with Crippen molar-refractivity contribution in [2.24, 2.45) is 0 Å².